The van der Waals surface area contributed by atoms with Gasteiger partial charge in [-0.1, -0.05) is 42.5 Å². The molecule has 148 valence electrons. The van der Waals surface area contributed by atoms with E-state index in [-0.39, 0.29) is 5.78 Å². The molecule has 30 heavy (non-hydrogen) atoms. The Morgan fingerprint density at radius 3 is 2.57 bits per heavy atom. The van der Waals surface area contributed by atoms with Crippen molar-refractivity contribution in [3.63, 3.8) is 0 Å². The van der Waals surface area contributed by atoms with Gasteiger partial charge in [-0.15, -0.1) is 0 Å². The first-order valence-corrected chi connectivity index (χ1v) is 9.81. The normalized spacial score (nSPS) is 12.2. The number of carbonyl (C=O) groups is 1. The third kappa shape index (κ3) is 3.20. The molecule has 0 amide bonds. The standard InChI is InChI=1S/C25H21N3O2/c1-30-18-9-6-8-17(14-18)27-24(23-13-16-7-2-4-11-21(16)28-23)25(29)20-15-26-22-12-5-3-10-19(20)22/h2-15,24,26-28H,1H3. The largest absolute Gasteiger partial charge is 0.497 e. The first-order chi connectivity index (χ1) is 14.7. The lowest BCUT2D eigenvalue weighted by molar-refractivity contribution is 0.0970. The Kier molecular flexibility index (Phi) is 4.48. The monoisotopic (exact) mass is 395 g/mol. The average molecular weight is 395 g/mol. The molecule has 0 saturated carbocycles. The number of rotatable bonds is 6. The van der Waals surface area contributed by atoms with Gasteiger partial charge < -0.3 is 20.0 Å². The Balaban J connectivity index is 1.60. The highest BCUT2D eigenvalue weighted by Gasteiger charge is 2.26. The van der Waals surface area contributed by atoms with Crippen LogP contribution in [-0.4, -0.2) is 22.9 Å². The summed E-state index contributed by atoms with van der Waals surface area (Å²) < 4.78 is 5.34. The summed E-state index contributed by atoms with van der Waals surface area (Å²) in [7, 11) is 1.63. The number of benzene rings is 3. The number of ketones is 1. The van der Waals surface area contributed by atoms with E-state index in [2.05, 4.69) is 15.3 Å². The molecule has 0 fully saturated rings. The smallest absolute Gasteiger partial charge is 0.193 e. The molecular weight excluding hydrogens is 374 g/mol. The summed E-state index contributed by atoms with van der Waals surface area (Å²) >= 11 is 0. The predicted octanol–water partition coefficient (Wildman–Crippen LogP) is 5.69. The summed E-state index contributed by atoms with van der Waals surface area (Å²) in [6, 6.07) is 24.9. The average Bonchev–Trinajstić information content (AvgIpc) is 3.41. The van der Waals surface area contributed by atoms with Crippen molar-refractivity contribution in [3.8, 4) is 5.75 Å². The molecule has 0 aliphatic heterocycles. The lowest BCUT2D eigenvalue weighted by Gasteiger charge is -2.18. The molecule has 5 heteroatoms. The molecule has 0 bridgehead atoms. The van der Waals surface area contributed by atoms with E-state index in [9.17, 15) is 4.79 Å². The molecule has 2 heterocycles. The Hall–Kier alpha value is -3.99. The van der Waals surface area contributed by atoms with Crippen molar-refractivity contribution in [2.45, 2.75) is 6.04 Å². The number of H-pyrrole nitrogens is 2. The number of anilines is 1. The highest BCUT2D eigenvalue weighted by Crippen LogP contribution is 2.30. The fraction of sp³-hybridized carbons (Fsp3) is 0.0800. The molecule has 0 aliphatic rings. The molecule has 5 aromatic rings. The fourth-order valence-corrected chi connectivity index (χ4v) is 3.85. The highest BCUT2D eigenvalue weighted by atomic mass is 16.5. The van der Waals surface area contributed by atoms with Gasteiger partial charge in [-0.25, -0.2) is 0 Å². The van der Waals surface area contributed by atoms with Crippen molar-refractivity contribution in [1.29, 1.82) is 0 Å². The fourth-order valence-electron chi connectivity index (χ4n) is 3.85. The van der Waals surface area contributed by atoms with E-state index in [1.165, 1.54) is 0 Å². The Labute approximate surface area is 173 Å². The minimum absolute atomic E-state index is 0.0122. The second-order valence-electron chi connectivity index (χ2n) is 7.23. The van der Waals surface area contributed by atoms with E-state index in [0.29, 0.717) is 5.56 Å². The first kappa shape index (κ1) is 18.1. The molecule has 0 aliphatic carbocycles. The summed E-state index contributed by atoms with van der Waals surface area (Å²) in [5.74, 6) is 0.719. The van der Waals surface area contributed by atoms with Crippen LogP contribution in [0.3, 0.4) is 0 Å². The third-order valence-electron chi connectivity index (χ3n) is 5.36. The summed E-state index contributed by atoms with van der Waals surface area (Å²) in [6.45, 7) is 0. The Bertz CT molecular complexity index is 1320. The van der Waals surface area contributed by atoms with E-state index >= 15 is 0 Å². The minimum atomic E-state index is -0.580. The topological polar surface area (TPSA) is 69.9 Å². The van der Waals surface area contributed by atoms with Crippen LogP contribution in [0.4, 0.5) is 5.69 Å². The van der Waals surface area contributed by atoms with Crippen molar-refractivity contribution < 1.29 is 9.53 Å². The predicted molar refractivity (Wildman–Crippen MR) is 120 cm³/mol. The van der Waals surface area contributed by atoms with Gasteiger partial charge in [0, 0.05) is 45.6 Å². The van der Waals surface area contributed by atoms with Gasteiger partial charge in [-0.2, -0.15) is 0 Å². The van der Waals surface area contributed by atoms with Crippen LogP contribution in [0.2, 0.25) is 0 Å². The highest BCUT2D eigenvalue weighted by molar-refractivity contribution is 6.11. The molecular formula is C25H21N3O2. The second-order valence-corrected chi connectivity index (χ2v) is 7.23. The number of hydrogen-bond donors (Lipinski definition) is 3. The van der Waals surface area contributed by atoms with Crippen LogP contribution in [0.25, 0.3) is 21.8 Å². The number of nitrogens with one attached hydrogen (secondary N) is 3. The van der Waals surface area contributed by atoms with Gasteiger partial charge in [0.2, 0.25) is 0 Å². The number of carbonyl (C=O) groups excluding carboxylic acids is 1. The number of para-hydroxylation sites is 2. The minimum Gasteiger partial charge on any atom is -0.497 e. The molecule has 0 radical (unpaired) electrons. The van der Waals surface area contributed by atoms with Crippen LogP contribution in [0.1, 0.15) is 22.1 Å². The SMILES string of the molecule is COc1cccc(NC(C(=O)c2c[nH]c3ccccc23)c2cc3ccccc3[nH]2)c1. The van der Waals surface area contributed by atoms with Gasteiger partial charge in [-0.05, 0) is 35.7 Å². The molecule has 1 unspecified atom stereocenters. The van der Waals surface area contributed by atoms with Crippen molar-refractivity contribution in [2.24, 2.45) is 0 Å². The zero-order valence-corrected chi connectivity index (χ0v) is 16.5. The third-order valence-corrected chi connectivity index (χ3v) is 5.36. The Morgan fingerprint density at radius 2 is 1.73 bits per heavy atom. The number of aromatic nitrogens is 2. The van der Waals surface area contributed by atoms with Crippen LogP contribution >= 0.6 is 0 Å². The number of aromatic amines is 2. The zero-order valence-electron chi connectivity index (χ0n) is 16.5. The van der Waals surface area contributed by atoms with E-state index in [1.807, 2.05) is 78.9 Å². The quantitative estimate of drug-likeness (QED) is 0.323. The van der Waals surface area contributed by atoms with E-state index < -0.39 is 6.04 Å². The molecule has 3 aromatic carbocycles. The molecule has 0 saturated heterocycles. The molecule has 0 spiro atoms. The maximum absolute atomic E-state index is 13.7. The van der Waals surface area contributed by atoms with Crippen molar-refractivity contribution in [1.82, 2.24) is 9.97 Å². The van der Waals surface area contributed by atoms with Crippen molar-refractivity contribution in [2.75, 3.05) is 12.4 Å². The summed E-state index contributed by atoms with van der Waals surface area (Å²) in [4.78, 5) is 20.3. The maximum atomic E-state index is 13.7. The van der Waals surface area contributed by atoms with Crippen LogP contribution in [-0.2, 0) is 0 Å². The molecule has 5 nitrogen and oxygen atoms in total. The number of hydrogen-bond acceptors (Lipinski definition) is 3. The van der Waals surface area contributed by atoms with Gasteiger partial charge in [-0.3, -0.25) is 4.79 Å². The van der Waals surface area contributed by atoms with Gasteiger partial charge >= 0.3 is 0 Å². The molecule has 5 rings (SSSR count). The van der Waals surface area contributed by atoms with E-state index in [4.69, 9.17) is 4.74 Å². The number of methoxy groups -OCH3 is 1. The Morgan fingerprint density at radius 1 is 0.933 bits per heavy atom. The van der Waals surface area contributed by atoms with Gasteiger partial charge in [0.05, 0.1) is 7.11 Å². The number of ether oxygens (including phenoxy) is 1. The lowest BCUT2D eigenvalue weighted by atomic mass is 10.0. The summed E-state index contributed by atoms with van der Waals surface area (Å²) in [6.07, 6.45) is 1.79. The lowest BCUT2D eigenvalue weighted by Crippen LogP contribution is -2.21. The summed E-state index contributed by atoms with van der Waals surface area (Å²) in [5, 5.41) is 5.39. The number of fused-ring (bicyclic) bond motifs is 2. The van der Waals surface area contributed by atoms with Crippen LogP contribution < -0.4 is 10.1 Å². The van der Waals surface area contributed by atoms with Crippen LogP contribution in [0, 0.1) is 0 Å². The molecule has 3 N–H and O–H groups in total. The van der Waals surface area contributed by atoms with Gasteiger partial charge in [0.25, 0.3) is 0 Å². The van der Waals surface area contributed by atoms with Crippen LogP contribution in [0.15, 0.2) is 85.1 Å². The van der Waals surface area contributed by atoms with Crippen molar-refractivity contribution >= 4 is 33.3 Å². The van der Waals surface area contributed by atoms with Gasteiger partial charge in [0.15, 0.2) is 5.78 Å². The first-order valence-electron chi connectivity index (χ1n) is 9.81. The van der Waals surface area contributed by atoms with Crippen molar-refractivity contribution in [3.05, 3.63) is 96.3 Å². The summed E-state index contributed by atoms with van der Waals surface area (Å²) in [5.41, 5.74) is 4.22. The number of Topliss-reactive ketones (excluding diaryl/α,β-unsaturated/α-hetero) is 1. The van der Waals surface area contributed by atoms with Crippen LogP contribution in [0.5, 0.6) is 5.75 Å². The molecule has 2 aromatic heterocycles. The van der Waals surface area contributed by atoms with E-state index in [1.54, 1.807) is 13.3 Å². The van der Waals surface area contributed by atoms with E-state index in [0.717, 1.165) is 38.9 Å². The molecule has 1 atom stereocenters. The zero-order chi connectivity index (χ0) is 20.5. The maximum Gasteiger partial charge on any atom is 0.193 e. The second kappa shape index (κ2) is 7.44. The van der Waals surface area contributed by atoms with Gasteiger partial charge in [0.1, 0.15) is 11.8 Å².